The Labute approximate surface area is 163 Å². The second-order valence-electron chi connectivity index (χ2n) is 8.15. The summed E-state index contributed by atoms with van der Waals surface area (Å²) < 4.78 is 5.53. The van der Waals surface area contributed by atoms with Crippen LogP contribution < -0.4 is 5.32 Å². The highest BCUT2D eigenvalue weighted by atomic mass is 16.5. The summed E-state index contributed by atoms with van der Waals surface area (Å²) in [5.41, 5.74) is 4.26. The van der Waals surface area contributed by atoms with Crippen LogP contribution in [0.3, 0.4) is 0 Å². The number of nitrogens with one attached hydrogen (secondary N) is 1. The van der Waals surface area contributed by atoms with Gasteiger partial charge in [0, 0.05) is 65.1 Å². The van der Waals surface area contributed by atoms with Gasteiger partial charge in [0.05, 0.1) is 18.9 Å². The van der Waals surface area contributed by atoms with Crippen molar-refractivity contribution in [3.8, 4) is 0 Å². The van der Waals surface area contributed by atoms with Gasteiger partial charge >= 0.3 is 0 Å². The molecular formula is C21H35N5O. The van der Waals surface area contributed by atoms with Crippen molar-refractivity contribution in [1.29, 1.82) is 0 Å². The highest BCUT2D eigenvalue weighted by Crippen LogP contribution is 2.21. The molecule has 6 heteroatoms. The Bertz CT molecular complexity index is 540. The molecule has 0 saturated carbocycles. The van der Waals surface area contributed by atoms with Crippen LogP contribution >= 0.6 is 0 Å². The summed E-state index contributed by atoms with van der Waals surface area (Å²) in [5, 5.41) is 3.47. The van der Waals surface area contributed by atoms with Crippen molar-refractivity contribution in [2.24, 2.45) is 0 Å². The summed E-state index contributed by atoms with van der Waals surface area (Å²) in [6, 6.07) is 2.27. The van der Waals surface area contributed by atoms with E-state index in [0.29, 0.717) is 0 Å². The summed E-state index contributed by atoms with van der Waals surface area (Å²) in [6.45, 7) is 13.8. The molecule has 0 unspecified atom stereocenters. The fourth-order valence-corrected chi connectivity index (χ4v) is 4.48. The summed E-state index contributed by atoms with van der Waals surface area (Å²) in [4.78, 5) is 12.6. The van der Waals surface area contributed by atoms with E-state index in [1.54, 1.807) is 0 Å². The van der Waals surface area contributed by atoms with Crippen LogP contribution in [0.2, 0.25) is 0 Å². The van der Waals surface area contributed by atoms with Crippen LogP contribution in [-0.4, -0.2) is 85.3 Å². The monoisotopic (exact) mass is 373 g/mol. The topological polar surface area (TPSA) is 43.9 Å². The second-order valence-corrected chi connectivity index (χ2v) is 8.15. The Morgan fingerprint density at radius 3 is 2.30 bits per heavy atom. The van der Waals surface area contributed by atoms with Gasteiger partial charge in [-0.1, -0.05) is 6.42 Å². The zero-order valence-electron chi connectivity index (χ0n) is 16.7. The van der Waals surface area contributed by atoms with Crippen LogP contribution in [-0.2, 0) is 24.4 Å². The zero-order valence-corrected chi connectivity index (χ0v) is 16.7. The van der Waals surface area contributed by atoms with Crippen molar-refractivity contribution < 1.29 is 4.74 Å². The Balaban J connectivity index is 1.52. The molecule has 6 nitrogen and oxygen atoms in total. The van der Waals surface area contributed by atoms with Crippen molar-refractivity contribution in [2.75, 3.05) is 65.6 Å². The highest BCUT2D eigenvalue weighted by molar-refractivity contribution is 5.30. The maximum absolute atomic E-state index is 5.53. The summed E-state index contributed by atoms with van der Waals surface area (Å²) in [7, 11) is 0. The normalized spacial score (nSPS) is 23.6. The molecule has 4 rings (SSSR count). The van der Waals surface area contributed by atoms with Gasteiger partial charge in [0.2, 0.25) is 0 Å². The molecule has 1 aromatic heterocycles. The van der Waals surface area contributed by atoms with E-state index in [4.69, 9.17) is 9.72 Å². The van der Waals surface area contributed by atoms with Crippen LogP contribution in [0.5, 0.6) is 0 Å². The Kier molecular flexibility index (Phi) is 7.09. The van der Waals surface area contributed by atoms with Crippen LogP contribution in [0.1, 0.15) is 36.1 Å². The lowest BCUT2D eigenvalue weighted by Gasteiger charge is -2.32. The first-order chi connectivity index (χ1) is 13.4. The van der Waals surface area contributed by atoms with Crippen LogP contribution in [0.15, 0.2) is 12.3 Å². The summed E-state index contributed by atoms with van der Waals surface area (Å²) in [5.74, 6) is 0. The van der Waals surface area contributed by atoms with Gasteiger partial charge in [0.1, 0.15) is 0 Å². The third-order valence-electron chi connectivity index (χ3n) is 6.15. The van der Waals surface area contributed by atoms with Gasteiger partial charge in [-0.2, -0.15) is 0 Å². The molecule has 0 amide bonds. The number of morpholine rings is 1. The predicted octanol–water partition coefficient (Wildman–Crippen LogP) is 1.30. The SMILES string of the molecule is c1cc(CN2CCCCC2)c(CN2CCNCC2)c(CN2CCOCC2)n1. The minimum atomic E-state index is 0.848. The van der Waals surface area contributed by atoms with Gasteiger partial charge < -0.3 is 10.1 Å². The fraction of sp³-hybridized carbons (Fsp3) is 0.762. The van der Waals surface area contributed by atoms with Crippen LogP contribution in [0.4, 0.5) is 0 Å². The number of pyridine rings is 1. The number of likely N-dealkylation sites (tertiary alicyclic amines) is 1. The third-order valence-corrected chi connectivity index (χ3v) is 6.15. The number of hydrogen-bond acceptors (Lipinski definition) is 6. The molecule has 0 radical (unpaired) electrons. The zero-order chi connectivity index (χ0) is 18.3. The van der Waals surface area contributed by atoms with Crippen LogP contribution in [0, 0.1) is 0 Å². The smallest absolute Gasteiger partial charge is 0.0594 e. The van der Waals surface area contributed by atoms with Gasteiger partial charge in [0.25, 0.3) is 0 Å². The third kappa shape index (κ3) is 5.48. The quantitative estimate of drug-likeness (QED) is 0.811. The van der Waals surface area contributed by atoms with E-state index in [2.05, 4.69) is 26.1 Å². The average molecular weight is 374 g/mol. The van der Waals surface area contributed by atoms with Gasteiger partial charge in [-0.15, -0.1) is 0 Å². The molecule has 3 saturated heterocycles. The lowest BCUT2D eigenvalue weighted by Crippen LogP contribution is -2.43. The molecule has 0 spiro atoms. The van der Waals surface area contributed by atoms with Gasteiger partial charge in [-0.05, 0) is 43.1 Å². The number of nitrogens with zero attached hydrogens (tertiary/aromatic N) is 4. The van der Waals surface area contributed by atoms with Crippen molar-refractivity contribution in [2.45, 2.75) is 38.9 Å². The summed E-state index contributed by atoms with van der Waals surface area (Å²) >= 11 is 0. The minimum Gasteiger partial charge on any atom is -0.379 e. The first-order valence-electron chi connectivity index (χ1n) is 10.8. The molecule has 3 aliphatic heterocycles. The van der Waals surface area contributed by atoms with Crippen LogP contribution in [0.25, 0.3) is 0 Å². The number of rotatable bonds is 6. The first kappa shape index (κ1) is 19.3. The lowest BCUT2D eigenvalue weighted by molar-refractivity contribution is 0.0334. The number of piperidine rings is 1. The first-order valence-corrected chi connectivity index (χ1v) is 10.8. The molecule has 4 heterocycles. The molecule has 0 atom stereocenters. The van der Waals surface area contributed by atoms with E-state index in [1.807, 2.05) is 6.20 Å². The molecule has 27 heavy (non-hydrogen) atoms. The standard InChI is InChI=1S/C21H35N5O/c1-2-8-24(9-3-1)16-19-4-5-23-21(18-26-12-14-27-15-13-26)20(19)17-25-10-6-22-7-11-25/h4-5,22H,1-3,6-18H2. The van der Waals surface area contributed by atoms with Gasteiger partial charge in [-0.25, -0.2) is 0 Å². The molecule has 0 aromatic carbocycles. The molecule has 150 valence electrons. The number of piperazine rings is 1. The molecule has 1 aromatic rings. The number of aromatic nitrogens is 1. The summed E-state index contributed by atoms with van der Waals surface area (Å²) in [6.07, 6.45) is 6.12. The molecule has 0 bridgehead atoms. The van der Waals surface area contributed by atoms with E-state index >= 15 is 0 Å². The largest absolute Gasteiger partial charge is 0.379 e. The molecule has 3 aliphatic rings. The van der Waals surface area contributed by atoms with Crippen molar-refractivity contribution in [3.63, 3.8) is 0 Å². The van der Waals surface area contributed by atoms with E-state index in [0.717, 1.165) is 72.1 Å². The van der Waals surface area contributed by atoms with Gasteiger partial charge in [0.15, 0.2) is 0 Å². The number of hydrogen-bond donors (Lipinski definition) is 1. The fourth-order valence-electron chi connectivity index (χ4n) is 4.48. The lowest BCUT2D eigenvalue weighted by atomic mass is 10.0. The van der Waals surface area contributed by atoms with E-state index in [-0.39, 0.29) is 0 Å². The number of ether oxygens (including phenoxy) is 1. The minimum absolute atomic E-state index is 0.848. The van der Waals surface area contributed by atoms with Crippen molar-refractivity contribution in [1.82, 2.24) is 25.0 Å². The van der Waals surface area contributed by atoms with E-state index in [9.17, 15) is 0 Å². The predicted molar refractivity (Wildman–Crippen MR) is 108 cm³/mol. The second kappa shape index (κ2) is 9.94. The maximum Gasteiger partial charge on any atom is 0.0594 e. The highest BCUT2D eigenvalue weighted by Gasteiger charge is 2.20. The Hall–Kier alpha value is -1.05. The average Bonchev–Trinajstić information content (AvgIpc) is 2.73. The molecule has 0 aliphatic carbocycles. The van der Waals surface area contributed by atoms with Gasteiger partial charge in [-0.3, -0.25) is 19.7 Å². The van der Waals surface area contributed by atoms with E-state index in [1.165, 1.54) is 49.2 Å². The Morgan fingerprint density at radius 2 is 1.52 bits per heavy atom. The maximum atomic E-state index is 5.53. The van der Waals surface area contributed by atoms with Crippen molar-refractivity contribution >= 4 is 0 Å². The van der Waals surface area contributed by atoms with Crippen molar-refractivity contribution in [3.05, 3.63) is 29.1 Å². The van der Waals surface area contributed by atoms with E-state index < -0.39 is 0 Å². The molecule has 3 fully saturated rings. The molecular weight excluding hydrogens is 338 g/mol. The Morgan fingerprint density at radius 1 is 0.815 bits per heavy atom. The molecule has 1 N–H and O–H groups in total.